The standard InChI is InChI=1S/C24H28N2O4/c1-29-19-7-3-5-17(11-19)21-14-26(15-22(21)23(27)25-13-16-9-10-16)24(28)18-6-4-8-20(12-18)30-2/h3-8,11-12,16,21-22H,9-10,13-15H2,1-2H3,(H,25,27). The summed E-state index contributed by atoms with van der Waals surface area (Å²) in [5, 5.41) is 3.10. The molecule has 1 saturated heterocycles. The molecule has 1 N–H and O–H groups in total. The van der Waals surface area contributed by atoms with Crippen molar-refractivity contribution in [3.63, 3.8) is 0 Å². The molecule has 1 aliphatic carbocycles. The number of methoxy groups -OCH3 is 2. The van der Waals surface area contributed by atoms with Gasteiger partial charge in [0.05, 0.1) is 20.1 Å². The number of carbonyl (C=O) groups is 2. The number of amides is 2. The molecule has 1 saturated carbocycles. The van der Waals surface area contributed by atoms with Gasteiger partial charge in [0.25, 0.3) is 5.91 Å². The third-order valence-corrected chi connectivity index (χ3v) is 6.04. The Morgan fingerprint density at radius 2 is 1.70 bits per heavy atom. The maximum Gasteiger partial charge on any atom is 0.254 e. The van der Waals surface area contributed by atoms with Gasteiger partial charge in [-0.05, 0) is 54.7 Å². The minimum Gasteiger partial charge on any atom is -0.497 e. The molecule has 30 heavy (non-hydrogen) atoms. The number of nitrogens with one attached hydrogen (secondary N) is 1. The van der Waals surface area contributed by atoms with Crippen LogP contribution in [0.15, 0.2) is 48.5 Å². The molecule has 4 rings (SSSR count). The van der Waals surface area contributed by atoms with Gasteiger partial charge in [-0.2, -0.15) is 0 Å². The van der Waals surface area contributed by atoms with Crippen molar-refractivity contribution in [3.05, 3.63) is 59.7 Å². The third kappa shape index (κ3) is 4.42. The van der Waals surface area contributed by atoms with E-state index in [4.69, 9.17) is 9.47 Å². The Morgan fingerprint density at radius 3 is 2.40 bits per heavy atom. The van der Waals surface area contributed by atoms with Crippen LogP contribution in [0.1, 0.15) is 34.7 Å². The summed E-state index contributed by atoms with van der Waals surface area (Å²) in [6.45, 7) is 1.61. The molecular formula is C24H28N2O4. The van der Waals surface area contributed by atoms with Crippen LogP contribution in [-0.4, -0.2) is 50.6 Å². The average molecular weight is 408 g/mol. The highest BCUT2D eigenvalue weighted by molar-refractivity contribution is 5.95. The Bertz CT molecular complexity index is 925. The van der Waals surface area contributed by atoms with Crippen molar-refractivity contribution in [2.75, 3.05) is 33.9 Å². The van der Waals surface area contributed by atoms with E-state index in [1.165, 1.54) is 12.8 Å². The molecule has 6 heteroatoms. The first-order chi connectivity index (χ1) is 14.6. The van der Waals surface area contributed by atoms with E-state index in [1.54, 1.807) is 31.3 Å². The Kier molecular flexibility index (Phi) is 5.93. The number of likely N-dealkylation sites (tertiary alicyclic amines) is 1. The van der Waals surface area contributed by atoms with E-state index < -0.39 is 0 Å². The molecule has 2 unspecified atom stereocenters. The lowest BCUT2D eigenvalue weighted by Gasteiger charge is -2.18. The van der Waals surface area contributed by atoms with Crippen molar-refractivity contribution in [2.24, 2.45) is 11.8 Å². The topological polar surface area (TPSA) is 67.9 Å². The van der Waals surface area contributed by atoms with Gasteiger partial charge in [0, 0.05) is 31.1 Å². The van der Waals surface area contributed by atoms with Crippen molar-refractivity contribution in [1.82, 2.24) is 10.2 Å². The minimum atomic E-state index is -0.287. The molecule has 1 aliphatic heterocycles. The first-order valence-corrected chi connectivity index (χ1v) is 10.4. The highest BCUT2D eigenvalue weighted by Gasteiger charge is 2.41. The highest BCUT2D eigenvalue weighted by Crippen LogP contribution is 2.36. The second-order valence-electron chi connectivity index (χ2n) is 8.12. The van der Waals surface area contributed by atoms with Gasteiger partial charge in [0.1, 0.15) is 11.5 Å². The molecule has 0 spiro atoms. The number of hydrogen-bond acceptors (Lipinski definition) is 4. The van der Waals surface area contributed by atoms with Crippen LogP contribution in [-0.2, 0) is 4.79 Å². The summed E-state index contributed by atoms with van der Waals surface area (Å²) in [7, 11) is 3.21. The lowest BCUT2D eigenvalue weighted by molar-refractivity contribution is -0.125. The second kappa shape index (κ2) is 8.78. The van der Waals surface area contributed by atoms with E-state index >= 15 is 0 Å². The zero-order chi connectivity index (χ0) is 21.1. The molecular weight excluding hydrogens is 380 g/mol. The monoisotopic (exact) mass is 408 g/mol. The largest absolute Gasteiger partial charge is 0.497 e. The second-order valence-corrected chi connectivity index (χ2v) is 8.12. The fraction of sp³-hybridized carbons (Fsp3) is 0.417. The van der Waals surface area contributed by atoms with Crippen molar-refractivity contribution in [1.29, 1.82) is 0 Å². The normalized spacial score (nSPS) is 20.7. The third-order valence-electron chi connectivity index (χ3n) is 6.04. The van der Waals surface area contributed by atoms with Gasteiger partial charge in [0.2, 0.25) is 5.91 Å². The molecule has 2 aliphatic rings. The van der Waals surface area contributed by atoms with Gasteiger partial charge in [0.15, 0.2) is 0 Å². The van der Waals surface area contributed by atoms with E-state index in [2.05, 4.69) is 5.32 Å². The van der Waals surface area contributed by atoms with Crippen molar-refractivity contribution < 1.29 is 19.1 Å². The first-order valence-electron chi connectivity index (χ1n) is 10.4. The number of benzene rings is 2. The Hall–Kier alpha value is -3.02. The number of carbonyl (C=O) groups excluding carboxylic acids is 2. The lowest BCUT2D eigenvalue weighted by atomic mass is 9.88. The van der Waals surface area contributed by atoms with E-state index in [-0.39, 0.29) is 23.7 Å². The molecule has 0 aromatic heterocycles. The average Bonchev–Trinajstić information content (AvgIpc) is 3.52. The zero-order valence-corrected chi connectivity index (χ0v) is 17.5. The van der Waals surface area contributed by atoms with Gasteiger partial charge in [-0.15, -0.1) is 0 Å². The Labute approximate surface area is 177 Å². The van der Waals surface area contributed by atoms with Gasteiger partial charge in [-0.25, -0.2) is 0 Å². The quantitative estimate of drug-likeness (QED) is 0.765. The van der Waals surface area contributed by atoms with Gasteiger partial charge >= 0.3 is 0 Å². The molecule has 0 radical (unpaired) electrons. The molecule has 2 aromatic rings. The van der Waals surface area contributed by atoms with E-state index in [9.17, 15) is 9.59 Å². The van der Waals surface area contributed by atoms with Crippen LogP contribution >= 0.6 is 0 Å². The van der Waals surface area contributed by atoms with Gasteiger partial charge in [-0.1, -0.05) is 18.2 Å². The molecule has 2 amide bonds. The predicted molar refractivity (Wildman–Crippen MR) is 114 cm³/mol. The smallest absolute Gasteiger partial charge is 0.254 e. The van der Waals surface area contributed by atoms with E-state index in [0.717, 1.165) is 17.9 Å². The van der Waals surface area contributed by atoms with Gasteiger partial charge < -0.3 is 19.7 Å². The summed E-state index contributed by atoms with van der Waals surface area (Å²) in [6.07, 6.45) is 2.37. The van der Waals surface area contributed by atoms with Crippen LogP contribution in [0.4, 0.5) is 0 Å². The summed E-state index contributed by atoms with van der Waals surface area (Å²) < 4.78 is 10.6. The summed E-state index contributed by atoms with van der Waals surface area (Å²) >= 11 is 0. The minimum absolute atomic E-state index is 0.0238. The van der Waals surface area contributed by atoms with Crippen LogP contribution in [0.2, 0.25) is 0 Å². The van der Waals surface area contributed by atoms with E-state index in [0.29, 0.717) is 30.3 Å². The maximum atomic E-state index is 13.2. The number of ether oxygens (including phenoxy) is 2. The summed E-state index contributed by atoms with van der Waals surface area (Å²) in [6, 6.07) is 14.9. The van der Waals surface area contributed by atoms with Crippen LogP contribution in [0, 0.1) is 11.8 Å². The predicted octanol–water partition coefficient (Wildman–Crippen LogP) is 3.09. The Morgan fingerprint density at radius 1 is 1.00 bits per heavy atom. The fourth-order valence-corrected chi connectivity index (χ4v) is 4.08. The van der Waals surface area contributed by atoms with E-state index in [1.807, 2.05) is 36.4 Å². The lowest BCUT2D eigenvalue weighted by Crippen LogP contribution is -2.36. The van der Waals surface area contributed by atoms with Gasteiger partial charge in [-0.3, -0.25) is 9.59 Å². The van der Waals surface area contributed by atoms with Crippen LogP contribution in [0.25, 0.3) is 0 Å². The van der Waals surface area contributed by atoms with Crippen molar-refractivity contribution in [2.45, 2.75) is 18.8 Å². The SMILES string of the molecule is COc1cccc(C(=O)N2CC(C(=O)NCC3CC3)C(c3cccc(OC)c3)C2)c1. The summed E-state index contributed by atoms with van der Waals surface area (Å²) in [5.74, 6) is 1.58. The maximum absolute atomic E-state index is 13.2. The molecule has 2 fully saturated rings. The first kappa shape index (κ1) is 20.3. The van der Waals surface area contributed by atoms with Crippen molar-refractivity contribution in [3.8, 4) is 11.5 Å². The molecule has 2 atom stereocenters. The molecule has 6 nitrogen and oxygen atoms in total. The highest BCUT2D eigenvalue weighted by atomic mass is 16.5. The number of nitrogens with zero attached hydrogens (tertiary/aromatic N) is 1. The Balaban J connectivity index is 1.57. The molecule has 1 heterocycles. The fourth-order valence-electron chi connectivity index (χ4n) is 4.08. The van der Waals surface area contributed by atoms with Crippen LogP contribution in [0.3, 0.4) is 0 Å². The number of rotatable bonds is 7. The van der Waals surface area contributed by atoms with Crippen molar-refractivity contribution >= 4 is 11.8 Å². The van der Waals surface area contributed by atoms with Crippen LogP contribution < -0.4 is 14.8 Å². The molecule has 0 bridgehead atoms. The van der Waals surface area contributed by atoms with Crippen LogP contribution in [0.5, 0.6) is 11.5 Å². The summed E-state index contributed by atoms with van der Waals surface area (Å²) in [5.41, 5.74) is 1.58. The molecule has 158 valence electrons. The number of hydrogen-bond donors (Lipinski definition) is 1. The summed E-state index contributed by atoms with van der Waals surface area (Å²) in [4.78, 5) is 28.0. The molecule has 2 aromatic carbocycles. The zero-order valence-electron chi connectivity index (χ0n) is 17.5.